The molecule has 0 radical (unpaired) electrons. The number of likely N-dealkylation sites (tertiary alicyclic amines) is 1. The van der Waals surface area contributed by atoms with Gasteiger partial charge in [-0.3, -0.25) is 14.5 Å². The summed E-state index contributed by atoms with van der Waals surface area (Å²) in [5, 5.41) is 4.24. The van der Waals surface area contributed by atoms with E-state index in [1.807, 2.05) is 19.2 Å². The lowest BCUT2D eigenvalue weighted by Gasteiger charge is -2.31. The van der Waals surface area contributed by atoms with Gasteiger partial charge in [-0.05, 0) is 44.3 Å². The van der Waals surface area contributed by atoms with Gasteiger partial charge in [0.25, 0.3) is 0 Å². The molecule has 0 bridgehead atoms. The van der Waals surface area contributed by atoms with E-state index >= 15 is 0 Å². The van der Waals surface area contributed by atoms with Crippen LogP contribution in [-0.4, -0.2) is 44.3 Å². The van der Waals surface area contributed by atoms with Crippen LogP contribution < -0.4 is 5.32 Å². The third-order valence-corrected chi connectivity index (χ3v) is 5.84. The topological polar surface area (TPSA) is 80.1 Å². The Morgan fingerprint density at radius 2 is 1.93 bits per heavy atom. The maximum Gasteiger partial charge on any atom is 0.236 e. The molecule has 0 aliphatic carbocycles. The Kier molecular flexibility index (Phi) is 4.53. The fraction of sp³-hybridized carbons (Fsp3) is 0.619. The Morgan fingerprint density at radius 1 is 1.21 bits per heavy atom. The number of rotatable bonds is 3. The van der Waals surface area contributed by atoms with Crippen LogP contribution in [0.5, 0.6) is 0 Å². The van der Waals surface area contributed by atoms with Crippen LogP contribution in [0.25, 0.3) is 11.0 Å². The smallest absolute Gasteiger partial charge is 0.236 e. The molecule has 2 aromatic rings. The molecule has 2 aromatic heterocycles. The molecule has 0 atom stereocenters. The van der Waals surface area contributed by atoms with Gasteiger partial charge in [-0.15, -0.1) is 0 Å². The quantitative estimate of drug-likeness (QED) is 0.824. The lowest BCUT2D eigenvalue weighted by molar-refractivity contribution is -0.142. The molecule has 7 heteroatoms. The van der Waals surface area contributed by atoms with Gasteiger partial charge in [-0.25, -0.2) is 9.97 Å². The van der Waals surface area contributed by atoms with Crippen molar-refractivity contribution in [2.24, 2.45) is 10.8 Å². The van der Waals surface area contributed by atoms with Crippen molar-refractivity contribution >= 4 is 22.8 Å². The summed E-state index contributed by atoms with van der Waals surface area (Å²) in [6.07, 6.45) is 3.64. The van der Waals surface area contributed by atoms with Crippen LogP contribution in [0.2, 0.25) is 0 Å². The van der Waals surface area contributed by atoms with Gasteiger partial charge in [-0.1, -0.05) is 20.8 Å². The number of carbonyl (C=O) groups is 2. The second kappa shape index (κ2) is 6.65. The number of aryl methyl sites for hydroxylation is 1. The Morgan fingerprint density at radius 3 is 2.61 bits per heavy atom. The van der Waals surface area contributed by atoms with Crippen molar-refractivity contribution in [3.63, 3.8) is 0 Å². The van der Waals surface area contributed by atoms with Crippen molar-refractivity contribution in [3.8, 4) is 0 Å². The average molecular weight is 383 g/mol. The minimum Gasteiger partial charge on any atom is -0.327 e. The predicted octanol–water partition coefficient (Wildman–Crippen LogP) is 2.41. The molecule has 1 spiro atoms. The van der Waals surface area contributed by atoms with E-state index in [4.69, 9.17) is 0 Å². The highest BCUT2D eigenvalue weighted by atomic mass is 16.2. The number of carbonyl (C=O) groups excluding carboxylic acids is 2. The molecule has 2 aliphatic rings. The molecular weight excluding hydrogens is 354 g/mol. The molecule has 28 heavy (non-hydrogen) atoms. The van der Waals surface area contributed by atoms with Crippen LogP contribution in [0.4, 0.5) is 0 Å². The zero-order valence-corrected chi connectivity index (χ0v) is 17.2. The maximum absolute atomic E-state index is 13.2. The minimum absolute atomic E-state index is 0.00571. The largest absolute Gasteiger partial charge is 0.327 e. The van der Waals surface area contributed by atoms with Gasteiger partial charge in [0, 0.05) is 30.2 Å². The number of fused-ring (bicyclic) bond motifs is 1. The average Bonchev–Trinajstić information content (AvgIpc) is 3.05. The minimum atomic E-state index is -0.500. The summed E-state index contributed by atoms with van der Waals surface area (Å²) in [7, 11) is 0. The Hall–Kier alpha value is -2.28. The van der Waals surface area contributed by atoms with Crippen molar-refractivity contribution in [3.05, 3.63) is 23.8 Å². The predicted molar refractivity (Wildman–Crippen MR) is 106 cm³/mol. The normalized spacial score (nSPS) is 19.9. The Balaban J connectivity index is 1.70. The standard InChI is InChI=1S/C21H29N5O2/c1-14-23-11-15-9-16(26(18(15)24-14)13-20(2,3)4)12-25-17(27)10-21(19(25)28)5-7-22-8-6-21/h9,11,22H,5-8,10,12-13H2,1-4H3. The first-order chi connectivity index (χ1) is 13.2. The molecule has 0 aromatic carbocycles. The fourth-order valence-corrected chi connectivity index (χ4v) is 4.44. The van der Waals surface area contributed by atoms with Crippen molar-refractivity contribution in [1.29, 1.82) is 0 Å². The zero-order valence-electron chi connectivity index (χ0n) is 17.2. The number of aromatic nitrogens is 3. The van der Waals surface area contributed by atoms with E-state index in [9.17, 15) is 9.59 Å². The number of nitrogens with one attached hydrogen (secondary N) is 1. The van der Waals surface area contributed by atoms with Crippen LogP contribution in [-0.2, 0) is 22.7 Å². The molecule has 150 valence electrons. The molecule has 2 amide bonds. The summed E-state index contributed by atoms with van der Waals surface area (Å²) in [4.78, 5) is 36.4. The number of amides is 2. The van der Waals surface area contributed by atoms with Crippen molar-refractivity contribution in [2.45, 2.75) is 60.0 Å². The van der Waals surface area contributed by atoms with E-state index in [1.165, 1.54) is 4.90 Å². The molecular formula is C21H29N5O2. The second-order valence-corrected chi connectivity index (χ2v) is 9.47. The summed E-state index contributed by atoms with van der Waals surface area (Å²) in [6.45, 7) is 11.1. The van der Waals surface area contributed by atoms with E-state index in [0.29, 0.717) is 18.8 Å². The number of nitrogens with zero attached hydrogens (tertiary/aromatic N) is 4. The van der Waals surface area contributed by atoms with E-state index in [2.05, 4.69) is 40.6 Å². The molecule has 2 aliphatic heterocycles. The third kappa shape index (κ3) is 3.32. The Labute approximate surface area is 165 Å². The Bertz CT molecular complexity index is 934. The van der Waals surface area contributed by atoms with Gasteiger partial charge in [0.2, 0.25) is 11.8 Å². The van der Waals surface area contributed by atoms with Gasteiger partial charge < -0.3 is 9.88 Å². The molecule has 4 heterocycles. The van der Waals surface area contributed by atoms with E-state index < -0.39 is 5.41 Å². The van der Waals surface area contributed by atoms with Crippen LogP contribution in [0.3, 0.4) is 0 Å². The van der Waals surface area contributed by atoms with E-state index in [0.717, 1.165) is 49.2 Å². The van der Waals surface area contributed by atoms with Crippen molar-refractivity contribution in [2.75, 3.05) is 13.1 Å². The molecule has 4 rings (SSSR count). The van der Waals surface area contributed by atoms with E-state index in [-0.39, 0.29) is 17.2 Å². The first-order valence-corrected chi connectivity index (χ1v) is 10.1. The molecule has 2 saturated heterocycles. The lowest BCUT2D eigenvalue weighted by Crippen LogP contribution is -2.42. The lowest BCUT2D eigenvalue weighted by atomic mass is 9.77. The van der Waals surface area contributed by atoms with Gasteiger partial charge in [0.15, 0.2) is 0 Å². The second-order valence-electron chi connectivity index (χ2n) is 9.47. The number of imide groups is 1. The van der Waals surface area contributed by atoms with Crippen LogP contribution in [0.15, 0.2) is 12.3 Å². The van der Waals surface area contributed by atoms with Crippen molar-refractivity contribution < 1.29 is 9.59 Å². The molecule has 2 fully saturated rings. The molecule has 0 saturated carbocycles. The van der Waals surface area contributed by atoms with Gasteiger partial charge in [0.1, 0.15) is 11.5 Å². The summed E-state index contributed by atoms with van der Waals surface area (Å²) < 4.78 is 2.15. The molecule has 1 N–H and O–H groups in total. The maximum atomic E-state index is 13.2. The van der Waals surface area contributed by atoms with Crippen LogP contribution in [0, 0.1) is 17.8 Å². The van der Waals surface area contributed by atoms with Crippen LogP contribution >= 0.6 is 0 Å². The first kappa shape index (κ1) is 19.1. The highest BCUT2D eigenvalue weighted by molar-refractivity contribution is 6.06. The highest BCUT2D eigenvalue weighted by Gasteiger charge is 2.51. The summed E-state index contributed by atoms with van der Waals surface area (Å²) in [5.74, 6) is 0.657. The van der Waals surface area contributed by atoms with Crippen molar-refractivity contribution in [1.82, 2.24) is 24.8 Å². The van der Waals surface area contributed by atoms with Gasteiger partial charge in [-0.2, -0.15) is 0 Å². The third-order valence-electron chi connectivity index (χ3n) is 5.84. The summed E-state index contributed by atoms with van der Waals surface area (Å²) >= 11 is 0. The van der Waals surface area contributed by atoms with Crippen LogP contribution in [0.1, 0.15) is 51.6 Å². The number of piperidine rings is 1. The zero-order chi connectivity index (χ0) is 20.1. The van der Waals surface area contributed by atoms with Gasteiger partial charge in [0.05, 0.1) is 12.0 Å². The first-order valence-electron chi connectivity index (χ1n) is 10.1. The van der Waals surface area contributed by atoms with E-state index in [1.54, 1.807) is 0 Å². The monoisotopic (exact) mass is 383 g/mol. The highest BCUT2D eigenvalue weighted by Crippen LogP contribution is 2.41. The summed E-state index contributed by atoms with van der Waals surface area (Å²) in [5.41, 5.74) is 1.35. The summed E-state index contributed by atoms with van der Waals surface area (Å²) in [6, 6.07) is 2.02. The number of hydrogen-bond acceptors (Lipinski definition) is 5. The molecule has 7 nitrogen and oxygen atoms in total. The SMILES string of the molecule is Cc1ncc2cc(CN3C(=O)CC4(CCNCC4)C3=O)n(CC(C)(C)C)c2n1. The molecule has 0 unspecified atom stereocenters. The fourth-order valence-electron chi connectivity index (χ4n) is 4.44. The number of hydrogen-bond donors (Lipinski definition) is 1. The van der Waals surface area contributed by atoms with Gasteiger partial charge >= 0.3 is 0 Å².